The monoisotopic (exact) mass is 295 g/mol. The lowest BCUT2D eigenvalue weighted by atomic mass is 9.97. The lowest BCUT2D eigenvalue weighted by Crippen LogP contribution is -2.33. The average Bonchev–Trinajstić information content (AvgIpc) is 2.54. The Morgan fingerprint density at radius 2 is 1.55 bits per heavy atom. The Labute approximate surface area is 133 Å². The lowest BCUT2D eigenvalue weighted by Gasteiger charge is -2.16. The minimum atomic E-state index is 0.136. The molecule has 2 atom stereocenters. The molecule has 2 aromatic rings. The molecule has 0 bridgehead atoms. The third kappa shape index (κ3) is 5.36. The number of hydrogen-bond donors (Lipinski definition) is 1. The van der Waals surface area contributed by atoms with Gasteiger partial charge < -0.3 is 5.32 Å². The van der Waals surface area contributed by atoms with E-state index in [9.17, 15) is 4.79 Å². The maximum Gasteiger partial charge on any atom is 0.220 e. The van der Waals surface area contributed by atoms with E-state index in [0.29, 0.717) is 6.42 Å². The summed E-state index contributed by atoms with van der Waals surface area (Å²) in [5.74, 6) is 0.388. The summed E-state index contributed by atoms with van der Waals surface area (Å²) in [5, 5.41) is 3.11. The molecule has 116 valence electrons. The molecule has 1 N–H and O–H groups in total. The van der Waals surface area contributed by atoms with E-state index in [2.05, 4.69) is 55.6 Å². The highest BCUT2D eigenvalue weighted by atomic mass is 16.1. The van der Waals surface area contributed by atoms with Crippen molar-refractivity contribution in [3.8, 4) is 0 Å². The second-order valence-electron chi connectivity index (χ2n) is 6.01. The molecule has 0 heterocycles. The fourth-order valence-electron chi connectivity index (χ4n) is 2.61. The van der Waals surface area contributed by atoms with Crippen LogP contribution in [-0.2, 0) is 11.2 Å². The SMILES string of the molecule is C[C@H](CCc1ccccc1)NC(=O)C[C@@H](C)c1ccccc1. The lowest BCUT2D eigenvalue weighted by molar-refractivity contribution is -0.122. The van der Waals surface area contributed by atoms with Gasteiger partial charge in [0.25, 0.3) is 0 Å². The number of carbonyl (C=O) groups excluding carboxylic acids is 1. The molecule has 0 aliphatic rings. The van der Waals surface area contributed by atoms with E-state index in [1.807, 2.05) is 24.3 Å². The highest BCUT2D eigenvalue weighted by Gasteiger charge is 2.13. The number of carbonyl (C=O) groups is 1. The molecule has 0 saturated heterocycles. The first-order valence-corrected chi connectivity index (χ1v) is 8.03. The first-order chi connectivity index (χ1) is 10.6. The van der Waals surface area contributed by atoms with Gasteiger partial charge in [-0.05, 0) is 36.8 Å². The van der Waals surface area contributed by atoms with Crippen LogP contribution >= 0.6 is 0 Å². The van der Waals surface area contributed by atoms with Crippen molar-refractivity contribution in [1.82, 2.24) is 5.32 Å². The van der Waals surface area contributed by atoms with Gasteiger partial charge in [0.05, 0.1) is 0 Å². The average molecular weight is 295 g/mol. The molecule has 1 amide bonds. The Bertz CT molecular complexity index is 565. The van der Waals surface area contributed by atoms with Crippen LogP contribution < -0.4 is 5.32 Å². The molecular weight excluding hydrogens is 270 g/mol. The molecule has 0 aromatic heterocycles. The van der Waals surface area contributed by atoms with Gasteiger partial charge in [-0.2, -0.15) is 0 Å². The quantitative estimate of drug-likeness (QED) is 0.810. The Morgan fingerprint density at radius 1 is 0.955 bits per heavy atom. The van der Waals surface area contributed by atoms with Crippen molar-refractivity contribution < 1.29 is 4.79 Å². The molecule has 2 aromatic carbocycles. The molecule has 0 radical (unpaired) electrons. The van der Waals surface area contributed by atoms with E-state index in [1.54, 1.807) is 0 Å². The summed E-state index contributed by atoms with van der Waals surface area (Å²) in [7, 11) is 0. The van der Waals surface area contributed by atoms with Crippen LogP contribution in [0.15, 0.2) is 60.7 Å². The van der Waals surface area contributed by atoms with Crippen LogP contribution in [0.5, 0.6) is 0 Å². The molecule has 0 saturated carbocycles. The van der Waals surface area contributed by atoms with Gasteiger partial charge in [-0.1, -0.05) is 67.6 Å². The van der Waals surface area contributed by atoms with Gasteiger partial charge in [0.2, 0.25) is 5.91 Å². The molecule has 0 fully saturated rings. The molecule has 0 unspecified atom stereocenters. The van der Waals surface area contributed by atoms with Crippen LogP contribution in [-0.4, -0.2) is 11.9 Å². The van der Waals surface area contributed by atoms with E-state index in [1.165, 1.54) is 11.1 Å². The summed E-state index contributed by atoms with van der Waals surface area (Å²) in [6.07, 6.45) is 2.51. The van der Waals surface area contributed by atoms with Crippen molar-refractivity contribution in [2.75, 3.05) is 0 Å². The van der Waals surface area contributed by atoms with Gasteiger partial charge in [-0.3, -0.25) is 4.79 Å². The highest BCUT2D eigenvalue weighted by Crippen LogP contribution is 2.18. The summed E-state index contributed by atoms with van der Waals surface area (Å²) < 4.78 is 0. The number of rotatable bonds is 7. The zero-order valence-corrected chi connectivity index (χ0v) is 13.5. The second-order valence-corrected chi connectivity index (χ2v) is 6.01. The van der Waals surface area contributed by atoms with Crippen molar-refractivity contribution in [2.24, 2.45) is 0 Å². The Hall–Kier alpha value is -2.09. The van der Waals surface area contributed by atoms with Crippen molar-refractivity contribution >= 4 is 5.91 Å². The predicted molar refractivity (Wildman–Crippen MR) is 91.8 cm³/mol. The number of hydrogen-bond acceptors (Lipinski definition) is 1. The van der Waals surface area contributed by atoms with Gasteiger partial charge in [0.15, 0.2) is 0 Å². The van der Waals surface area contributed by atoms with Crippen LogP contribution in [0.4, 0.5) is 0 Å². The normalized spacial score (nSPS) is 13.4. The molecule has 2 heteroatoms. The van der Waals surface area contributed by atoms with Crippen molar-refractivity contribution in [2.45, 2.75) is 45.1 Å². The Kier molecular flexibility index (Phi) is 6.20. The van der Waals surface area contributed by atoms with Crippen LogP contribution in [0.1, 0.15) is 43.7 Å². The van der Waals surface area contributed by atoms with Crippen LogP contribution in [0.2, 0.25) is 0 Å². The number of benzene rings is 2. The van der Waals surface area contributed by atoms with Crippen molar-refractivity contribution in [3.63, 3.8) is 0 Å². The van der Waals surface area contributed by atoms with E-state index in [-0.39, 0.29) is 17.9 Å². The third-order valence-corrected chi connectivity index (χ3v) is 3.98. The van der Waals surface area contributed by atoms with Gasteiger partial charge >= 0.3 is 0 Å². The smallest absolute Gasteiger partial charge is 0.220 e. The first kappa shape index (κ1) is 16.3. The van der Waals surface area contributed by atoms with Crippen molar-refractivity contribution in [3.05, 3.63) is 71.8 Å². The van der Waals surface area contributed by atoms with Crippen LogP contribution in [0.3, 0.4) is 0 Å². The standard InChI is InChI=1S/C20H25NO/c1-16(19-11-7-4-8-12-19)15-20(22)21-17(2)13-14-18-9-5-3-6-10-18/h3-12,16-17H,13-15H2,1-2H3,(H,21,22)/t16-,17-/m1/s1. The topological polar surface area (TPSA) is 29.1 Å². The van der Waals surface area contributed by atoms with Gasteiger partial charge in [-0.15, -0.1) is 0 Å². The van der Waals surface area contributed by atoms with E-state index in [0.717, 1.165) is 12.8 Å². The molecule has 2 nitrogen and oxygen atoms in total. The number of amides is 1. The van der Waals surface area contributed by atoms with Gasteiger partial charge in [0, 0.05) is 12.5 Å². The zero-order valence-electron chi connectivity index (χ0n) is 13.5. The van der Waals surface area contributed by atoms with E-state index < -0.39 is 0 Å². The molecular formula is C20H25NO. The third-order valence-electron chi connectivity index (χ3n) is 3.98. The van der Waals surface area contributed by atoms with E-state index >= 15 is 0 Å². The molecule has 0 spiro atoms. The van der Waals surface area contributed by atoms with Gasteiger partial charge in [0.1, 0.15) is 0 Å². The fourth-order valence-corrected chi connectivity index (χ4v) is 2.61. The first-order valence-electron chi connectivity index (χ1n) is 8.03. The summed E-state index contributed by atoms with van der Waals surface area (Å²) in [6.45, 7) is 4.18. The summed E-state index contributed by atoms with van der Waals surface area (Å²) >= 11 is 0. The molecule has 0 aliphatic heterocycles. The van der Waals surface area contributed by atoms with Crippen molar-refractivity contribution in [1.29, 1.82) is 0 Å². The zero-order chi connectivity index (χ0) is 15.8. The molecule has 2 rings (SSSR count). The molecule has 22 heavy (non-hydrogen) atoms. The minimum absolute atomic E-state index is 0.136. The Balaban J connectivity index is 1.74. The van der Waals surface area contributed by atoms with Crippen LogP contribution in [0, 0.1) is 0 Å². The van der Waals surface area contributed by atoms with Crippen LogP contribution in [0.25, 0.3) is 0 Å². The highest BCUT2D eigenvalue weighted by molar-refractivity contribution is 5.77. The van der Waals surface area contributed by atoms with Gasteiger partial charge in [-0.25, -0.2) is 0 Å². The Morgan fingerprint density at radius 3 is 2.18 bits per heavy atom. The predicted octanol–water partition coefficient (Wildman–Crippen LogP) is 4.32. The number of nitrogens with one attached hydrogen (secondary N) is 1. The summed E-state index contributed by atoms with van der Waals surface area (Å²) in [6, 6.07) is 20.8. The largest absolute Gasteiger partial charge is 0.354 e. The second kappa shape index (κ2) is 8.38. The fraction of sp³-hybridized carbons (Fsp3) is 0.350. The maximum absolute atomic E-state index is 12.1. The molecule has 0 aliphatic carbocycles. The maximum atomic E-state index is 12.1. The summed E-state index contributed by atoms with van der Waals surface area (Å²) in [5.41, 5.74) is 2.54. The number of aryl methyl sites for hydroxylation is 1. The summed E-state index contributed by atoms with van der Waals surface area (Å²) in [4.78, 5) is 12.1. The minimum Gasteiger partial charge on any atom is -0.354 e. The van der Waals surface area contributed by atoms with E-state index in [4.69, 9.17) is 0 Å².